The molecule has 0 aliphatic carbocycles. The molecule has 0 radical (unpaired) electrons. The van der Waals surface area contributed by atoms with Crippen molar-refractivity contribution in [2.45, 2.75) is 13.3 Å². The van der Waals surface area contributed by atoms with E-state index in [1.807, 2.05) is 6.07 Å². The molecule has 0 heterocycles. The molecule has 1 amide bonds. The fourth-order valence-electron chi connectivity index (χ4n) is 2.49. The molecule has 0 aliphatic heterocycles. The summed E-state index contributed by atoms with van der Waals surface area (Å²) in [5, 5.41) is 19.8. The van der Waals surface area contributed by atoms with Crippen molar-refractivity contribution in [2.24, 2.45) is 0 Å². The molecule has 0 unspecified atom stereocenters. The van der Waals surface area contributed by atoms with E-state index in [-0.39, 0.29) is 29.8 Å². The Morgan fingerprint density at radius 1 is 1.19 bits per heavy atom. The molecule has 2 rings (SSSR count). The van der Waals surface area contributed by atoms with Crippen LogP contribution in [0.1, 0.15) is 22.3 Å². The minimum atomic E-state index is -0.821. The maximum absolute atomic E-state index is 12.5. The summed E-state index contributed by atoms with van der Waals surface area (Å²) in [5.74, 6) is -1.31. The van der Waals surface area contributed by atoms with Gasteiger partial charge in [0.1, 0.15) is 0 Å². The van der Waals surface area contributed by atoms with Crippen molar-refractivity contribution in [3.63, 3.8) is 0 Å². The quantitative estimate of drug-likeness (QED) is 0.422. The Kier molecular flexibility index (Phi) is 6.61. The van der Waals surface area contributed by atoms with E-state index in [1.54, 1.807) is 30.3 Å². The highest BCUT2D eigenvalue weighted by atomic mass is 16.6. The van der Waals surface area contributed by atoms with Gasteiger partial charge in [0.2, 0.25) is 0 Å². The highest BCUT2D eigenvalue weighted by molar-refractivity contribution is 5.97. The van der Waals surface area contributed by atoms with Crippen LogP contribution in [0.3, 0.4) is 0 Å². The Balaban J connectivity index is 2.11. The van der Waals surface area contributed by atoms with Crippen LogP contribution in [0, 0.1) is 28.4 Å². The van der Waals surface area contributed by atoms with E-state index in [4.69, 9.17) is 10.00 Å². The number of carbonyl (C=O) groups is 2. The van der Waals surface area contributed by atoms with E-state index in [2.05, 4.69) is 0 Å². The van der Waals surface area contributed by atoms with Crippen LogP contribution in [0.4, 0.5) is 11.4 Å². The number of ether oxygens (including phenoxy) is 1. The third-order valence-electron chi connectivity index (χ3n) is 3.86. The van der Waals surface area contributed by atoms with Gasteiger partial charge in [0.05, 0.1) is 23.0 Å². The molecule has 0 aliphatic rings. The molecule has 27 heavy (non-hydrogen) atoms. The highest BCUT2D eigenvalue weighted by Gasteiger charge is 2.21. The topological polar surface area (TPSA) is 114 Å². The Morgan fingerprint density at radius 2 is 1.89 bits per heavy atom. The summed E-state index contributed by atoms with van der Waals surface area (Å²) in [5.41, 5.74) is 0.584. The van der Waals surface area contributed by atoms with Crippen LogP contribution in [-0.4, -0.2) is 30.0 Å². The van der Waals surface area contributed by atoms with Gasteiger partial charge in [-0.15, -0.1) is 0 Å². The summed E-state index contributed by atoms with van der Waals surface area (Å²) in [6.07, 6.45) is 0.124. The Morgan fingerprint density at radius 3 is 2.52 bits per heavy atom. The third-order valence-corrected chi connectivity index (χ3v) is 3.86. The molecule has 0 bridgehead atoms. The normalized spacial score (nSPS) is 9.93. The van der Waals surface area contributed by atoms with E-state index >= 15 is 0 Å². The van der Waals surface area contributed by atoms with E-state index in [0.717, 1.165) is 0 Å². The van der Waals surface area contributed by atoms with Crippen LogP contribution in [0.15, 0.2) is 48.5 Å². The SMILES string of the molecule is Cc1c(C(=O)OCC(=O)N(CCC#N)c2ccccc2)cccc1[N+](=O)[O-]. The van der Waals surface area contributed by atoms with Crippen molar-refractivity contribution in [1.82, 2.24) is 0 Å². The molecule has 138 valence electrons. The van der Waals surface area contributed by atoms with E-state index in [9.17, 15) is 19.7 Å². The van der Waals surface area contributed by atoms with E-state index in [0.29, 0.717) is 5.69 Å². The molecule has 0 N–H and O–H groups in total. The molecule has 2 aromatic rings. The van der Waals surface area contributed by atoms with E-state index < -0.39 is 23.4 Å². The molecular weight excluding hydrogens is 350 g/mol. The van der Waals surface area contributed by atoms with Gasteiger partial charge in [-0.2, -0.15) is 5.26 Å². The standard InChI is InChI=1S/C19H17N3O5/c1-14-16(9-5-10-17(14)22(25)26)19(24)27-13-18(23)21(12-6-11-20)15-7-3-2-4-8-15/h2-5,7-10H,6,12-13H2,1H3. The second-order valence-electron chi connectivity index (χ2n) is 5.57. The van der Waals surface area contributed by atoms with Crippen molar-refractivity contribution < 1.29 is 19.2 Å². The minimum absolute atomic E-state index is 0.0280. The van der Waals surface area contributed by atoms with Gasteiger partial charge in [0.15, 0.2) is 6.61 Å². The summed E-state index contributed by atoms with van der Waals surface area (Å²) in [4.78, 5) is 36.5. The maximum Gasteiger partial charge on any atom is 0.339 e. The molecule has 2 aromatic carbocycles. The monoisotopic (exact) mass is 367 g/mol. The predicted octanol–water partition coefficient (Wildman–Crippen LogP) is 3.01. The number of nitriles is 1. The molecule has 0 atom stereocenters. The summed E-state index contributed by atoms with van der Waals surface area (Å²) in [6, 6.07) is 14.8. The van der Waals surface area contributed by atoms with Crippen LogP contribution >= 0.6 is 0 Å². The molecule has 0 saturated heterocycles. The number of esters is 1. The lowest BCUT2D eigenvalue weighted by Gasteiger charge is -2.21. The average molecular weight is 367 g/mol. The summed E-state index contributed by atoms with van der Waals surface area (Å²) >= 11 is 0. The van der Waals surface area contributed by atoms with Crippen molar-refractivity contribution in [3.05, 3.63) is 69.8 Å². The molecule has 8 heteroatoms. The Bertz CT molecular complexity index is 890. The number of benzene rings is 2. The third kappa shape index (κ3) is 4.89. The number of rotatable bonds is 7. The number of anilines is 1. The first-order chi connectivity index (χ1) is 13.0. The number of hydrogen-bond donors (Lipinski definition) is 0. The van der Waals surface area contributed by atoms with Crippen LogP contribution < -0.4 is 4.90 Å². The zero-order valence-corrected chi connectivity index (χ0v) is 14.6. The van der Waals surface area contributed by atoms with Crippen LogP contribution in [-0.2, 0) is 9.53 Å². The summed E-state index contributed by atoms with van der Waals surface area (Å²) in [7, 11) is 0. The summed E-state index contributed by atoms with van der Waals surface area (Å²) < 4.78 is 5.05. The number of carbonyl (C=O) groups excluding carboxylic acids is 2. The number of nitrogens with zero attached hydrogens (tertiary/aromatic N) is 3. The largest absolute Gasteiger partial charge is 0.452 e. The van der Waals surface area contributed by atoms with Crippen molar-refractivity contribution in [1.29, 1.82) is 5.26 Å². The summed E-state index contributed by atoms with van der Waals surface area (Å²) in [6.45, 7) is 1.06. The first kappa shape index (κ1) is 19.6. The second kappa shape index (κ2) is 9.10. The van der Waals surface area contributed by atoms with Crippen LogP contribution in [0.5, 0.6) is 0 Å². The molecular formula is C19H17N3O5. The van der Waals surface area contributed by atoms with E-state index in [1.165, 1.54) is 30.0 Å². The number of nitro groups is 1. The van der Waals surface area contributed by atoms with Gasteiger partial charge in [-0.25, -0.2) is 4.79 Å². The zero-order valence-electron chi connectivity index (χ0n) is 14.6. The van der Waals surface area contributed by atoms with Gasteiger partial charge >= 0.3 is 5.97 Å². The van der Waals surface area contributed by atoms with Gasteiger partial charge in [0.25, 0.3) is 11.6 Å². The zero-order chi connectivity index (χ0) is 19.8. The molecule has 0 fully saturated rings. The van der Waals surface area contributed by atoms with Crippen LogP contribution in [0.2, 0.25) is 0 Å². The lowest BCUT2D eigenvalue weighted by Crippen LogP contribution is -2.35. The van der Waals surface area contributed by atoms with Gasteiger partial charge < -0.3 is 9.64 Å². The van der Waals surface area contributed by atoms with Crippen molar-refractivity contribution >= 4 is 23.3 Å². The number of hydrogen-bond acceptors (Lipinski definition) is 6. The lowest BCUT2D eigenvalue weighted by atomic mass is 10.1. The molecule has 0 spiro atoms. The molecule has 0 saturated carbocycles. The first-order valence-electron chi connectivity index (χ1n) is 8.09. The fourth-order valence-corrected chi connectivity index (χ4v) is 2.49. The lowest BCUT2D eigenvalue weighted by molar-refractivity contribution is -0.385. The molecule has 0 aromatic heterocycles. The van der Waals surface area contributed by atoms with Crippen LogP contribution in [0.25, 0.3) is 0 Å². The predicted molar refractivity (Wildman–Crippen MR) is 97.1 cm³/mol. The number of para-hydroxylation sites is 1. The maximum atomic E-state index is 12.5. The average Bonchev–Trinajstić information content (AvgIpc) is 2.67. The smallest absolute Gasteiger partial charge is 0.339 e. The number of nitro benzene ring substituents is 1. The van der Waals surface area contributed by atoms with Gasteiger partial charge in [0, 0.05) is 23.9 Å². The Hall–Kier alpha value is -3.73. The minimum Gasteiger partial charge on any atom is -0.452 e. The first-order valence-corrected chi connectivity index (χ1v) is 8.09. The molecule has 8 nitrogen and oxygen atoms in total. The van der Waals surface area contributed by atoms with Crippen molar-refractivity contribution in [3.8, 4) is 6.07 Å². The fraction of sp³-hybridized carbons (Fsp3) is 0.211. The van der Waals surface area contributed by atoms with Gasteiger partial charge in [-0.1, -0.05) is 24.3 Å². The highest BCUT2D eigenvalue weighted by Crippen LogP contribution is 2.22. The second-order valence-corrected chi connectivity index (χ2v) is 5.57. The van der Waals surface area contributed by atoms with Gasteiger partial charge in [-0.3, -0.25) is 14.9 Å². The van der Waals surface area contributed by atoms with Gasteiger partial charge in [-0.05, 0) is 25.1 Å². The Labute approximate surface area is 155 Å². The van der Waals surface area contributed by atoms with Crippen molar-refractivity contribution in [2.75, 3.05) is 18.1 Å². The number of amides is 1.